The fourth-order valence-corrected chi connectivity index (χ4v) is 3.26. The number of nitrogens with zero attached hydrogens (tertiary/aromatic N) is 2. The summed E-state index contributed by atoms with van der Waals surface area (Å²) < 4.78 is 18.9. The molecule has 0 aliphatic carbocycles. The first-order valence-corrected chi connectivity index (χ1v) is 10.2. The van der Waals surface area contributed by atoms with E-state index in [1.165, 1.54) is 42.5 Å². The van der Waals surface area contributed by atoms with Crippen LogP contribution in [-0.4, -0.2) is 29.3 Å². The van der Waals surface area contributed by atoms with E-state index in [9.17, 15) is 28.9 Å². The summed E-state index contributed by atoms with van der Waals surface area (Å²) in [5.41, 5.74) is 2.36. The average Bonchev–Trinajstić information content (AvgIpc) is 3.13. The minimum absolute atomic E-state index is 0.0540. The topological polar surface area (TPSA) is 131 Å². The highest BCUT2D eigenvalue weighted by atomic mass is 19.1. The van der Waals surface area contributed by atoms with Gasteiger partial charge in [-0.1, -0.05) is 36.4 Å². The molecule has 176 valence electrons. The Morgan fingerprint density at radius 1 is 1.09 bits per heavy atom. The quantitative estimate of drug-likeness (QED) is 0.233. The molecule has 35 heavy (non-hydrogen) atoms. The summed E-state index contributed by atoms with van der Waals surface area (Å²) in [6, 6.07) is 17.7. The van der Waals surface area contributed by atoms with E-state index in [4.69, 9.17) is 4.74 Å². The zero-order chi connectivity index (χ0) is 24.9. The van der Waals surface area contributed by atoms with Gasteiger partial charge < -0.3 is 10.1 Å². The fourth-order valence-electron chi connectivity index (χ4n) is 3.26. The maximum atomic E-state index is 13.7. The van der Waals surface area contributed by atoms with E-state index in [-0.39, 0.29) is 22.6 Å². The maximum Gasteiger partial charge on any atom is 0.311 e. The van der Waals surface area contributed by atoms with E-state index in [2.05, 4.69) is 10.7 Å². The predicted molar refractivity (Wildman–Crippen MR) is 124 cm³/mol. The van der Waals surface area contributed by atoms with Crippen molar-refractivity contribution in [2.24, 2.45) is 0 Å². The second-order valence-corrected chi connectivity index (χ2v) is 7.28. The number of anilines is 2. The average molecular weight is 476 g/mol. The third-order valence-corrected chi connectivity index (χ3v) is 4.90. The number of para-hydroxylation sites is 2. The van der Waals surface area contributed by atoms with E-state index in [1.807, 2.05) is 0 Å². The number of amides is 3. The van der Waals surface area contributed by atoms with Crippen molar-refractivity contribution >= 4 is 40.9 Å². The van der Waals surface area contributed by atoms with Crippen molar-refractivity contribution < 1.29 is 28.4 Å². The number of nitro groups is 1. The Labute approximate surface area is 197 Å². The normalized spacial score (nSPS) is 14.1. The molecule has 1 aliphatic rings. The summed E-state index contributed by atoms with van der Waals surface area (Å²) >= 11 is 0. The maximum absolute atomic E-state index is 13.7. The van der Waals surface area contributed by atoms with E-state index >= 15 is 0 Å². The highest BCUT2D eigenvalue weighted by Crippen LogP contribution is 2.30. The Kier molecular flexibility index (Phi) is 6.49. The number of hydrogen-bond donors (Lipinski definition) is 2. The van der Waals surface area contributed by atoms with Gasteiger partial charge in [0.25, 0.3) is 17.7 Å². The van der Waals surface area contributed by atoms with Crippen LogP contribution in [0.3, 0.4) is 0 Å². The molecular formula is C24H17FN4O6. The summed E-state index contributed by atoms with van der Waals surface area (Å²) in [7, 11) is 0. The van der Waals surface area contributed by atoms with Gasteiger partial charge in [0.05, 0.1) is 16.3 Å². The van der Waals surface area contributed by atoms with Crippen molar-refractivity contribution in [3.63, 3.8) is 0 Å². The molecule has 0 bridgehead atoms. The number of carbonyl (C=O) groups excluding carboxylic acids is 3. The monoisotopic (exact) mass is 476 g/mol. The van der Waals surface area contributed by atoms with Crippen molar-refractivity contribution in [2.75, 3.05) is 16.9 Å². The molecule has 1 fully saturated rings. The number of hydrazine groups is 1. The van der Waals surface area contributed by atoms with Crippen molar-refractivity contribution in [3.8, 4) is 5.75 Å². The Hall–Kier alpha value is -5.06. The molecule has 3 aromatic rings. The van der Waals surface area contributed by atoms with E-state index in [1.54, 1.807) is 30.3 Å². The van der Waals surface area contributed by atoms with Gasteiger partial charge in [-0.15, -0.1) is 0 Å². The SMILES string of the molecule is O=C(COc1ccc(C=C2C(=O)NN(c3ccccc3)C2=O)cc1[N+](=O)[O-])Nc1ccccc1F. The summed E-state index contributed by atoms with van der Waals surface area (Å²) in [5.74, 6) is -2.85. The zero-order valence-electron chi connectivity index (χ0n) is 17.9. The highest BCUT2D eigenvalue weighted by Gasteiger charge is 2.34. The minimum Gasteiger partial charge on any atom is -0.477 e. The van der Waals surface area contributed by atoms with Gasteiger partial charge in [-0.3, -0.25) is 29.9 Å². The van der Waals surface area contributed by atoms with Crippen LogP contribution in [0.2, 0.25) is 0 Å². The lowest BCUT2D eigenvalue weighted by molar-refractivity contribution is -0.385. The third-order valence-electron chi connectivity index (χ3n) is 4.90. The standard InChI is InChI=1S/C24H17FN4O6/c25-18-8-4-5-9-19(18)26-22(30)14-35-21-11-10-15(13-20(21)29(33)34)12-17-23(31)27-28(24(17)32)16-6-2-1-3-7-16/h1-13H,14H2,(H,26,30)(H,27,31). The van der Waals surface area contributed by atoms with Crippen molar-refractivity contribution in [3.05, 3.63) is 99.9 Å². The van der Waals surface area contributed by atoms with Crippen molar-refractivity contribution in [1.82, 2.24) is 5.43 Å². The van der Waals surface area contributed by atoms with Gasteiger partial charge in [-0.05, 0) is 42.0 Å². The van der Waals surface area contributed by atoms with Gasteiger partial charge in [0.1, 0.15) is 11.4 Å². The van der Waals surface area contributed by atoms with Gasteiger partial charge in [0, 0.05) is 6.07 Å². The Bertz CT molecular complexity index is 1360. The summed E-state index contributed by atoms with van der Waals surface area (Å²) in [5, 5.41) is 14.9. The molecule has 0 spiro atoms. The molecule has 11 heteroatoms. The number of hydrogen-bond acceptors (Lipinski definition) is 6. The number of halogens is 1. The smallest absolute Gasteiger partial charge is 0.311 e. The fraction of sp³-hybridized carbons (Fsp3) is 0.0417. The molecule has 0 aromatic heterocycles. The van der Waals surface area contributed by atoms with Crippen LogP contribution in [0.4, 0.5) is 21.5 Å². The second kappa shape index (κ2) is 9.83. The second-order valence-electron chi connectivity index (χ2n) is 7.28. The lowest BCUT2D eigenvalue weighted by atomic mass is 10.1. The van der Waals surface area contributed by atoms with Crippen LogP contribution in [0.15, 0.2) is 78.4 Å². The van der Waals surface area contributed by atoms with Gasteiger partial charge in [0.15, 0.2) is 12.4 Å². The van der Waals surface area contributed by atoms with Gasteiger partial charge in [0.2, 0.25) is 0 Å². The number of ether oxygens (including phenoxy) is 1. The van der Waals surface area contributed by atoms with Crippen LogP contribution in [0.5, 0.6) is 5.75 Å². The molecule has 3 amide bonds. The molecule has 0 radical (unpaired) electrons. The molecule has 0 unspecified atom stereocenters. The first kappa shape index (κ1) is 23.1. The van der Waals surface area contributed by atoms with Crippen LogP contribution < -0.4 is 20.5 Å². The largest absolute Gasteiger partial charge is 0.477 e. The van der Waals surface area contributed by atoms with Crippen LogP contribution in [-0.2, 0) is 14.4 Å². The Morgan fingerprint density at radius 2 is 1.80 bits per heavy atom. The number of nitrogens with one attached hydrogen (secondary N) is 2. The van der Waals surface area contributed by atoms with Crippen LogP contribution in [0, 0.1) is 15.9 Å². The molecule has 0 atom stereocenters. The number of benzene rings is 3. The van der Waals surface area contributed by atoms with E-state index in [0.29, 0.717) is 5.69 Å². The molecule has 0 saturated carbocycles. The minimum atomic E-state index is -0.723. The summed E-state index contributed by atoms with van der Waals surface area (Å²) in [6.07, 6.45) is 1.22. The Morgan fingerprint density at radius 3 is 2.51 bits per heavy atom. The molecule has 4 rings (SSSR count). The number of nitro benzene ring substituents is 1. The third kappa shape index (κ3) is 5.14. The molecule has 10 nitrogen and oxygen atoms in total. The molecule has 3 aromatic carbocycles. The summed E-state index contributed by atoms with van der Waals surface area (Å²) in [6.45, 7) is -0.609. The van der Waals surface area contributed by atoms with Crippen LogP contribution in [0.1, 0.15) is 5.56 Å². The lowest BCUT2D eigenvalue weighted by Crippen LogP contribution is -2.35. The first-order chi connectivity index (χ1) is 16.8. The predicted octanol–water partition coefficient (Wildman–Crippen LogP) is 3.21. The van der Waals surface area contributed by atoms with Crippen molar-refractivity contribution in [2.45, 2.75) is 0 Å². The van der Waals surface area contributed by atoms with Gasteiger partial charge >= 0.3 is 5.69 Å². The highest BCUT2D eigenvalue weighted by molar-refractivity contribution is 6.31. The first-order valence-electron chi connectivity index (χ1n) is 10.2. The molecule has 1 saturated heterocycles. The Balaban J connectivity index is 1.50. The molecule has 1 heterocycles. The van der Waals surface area contributed by atoms with Crippen LogP contribution in [0.25, 0.3) is 6.08 Å². The zero-order valence-corrected chi connectivity index (χ0v) is 17.9. The molecule has 1 aliphatic heterocycles. The van der Waals surface area contributed by atoms with Gasteiger partial charge in [-0.2, -0.15) is 0 Å². The van der Waals surface area contributed by atoms with E-state index < -0.39 is 40.8 Å². The lowest BCUT2D eigenvalue weighted by Gasteiger charge is -2.13. The van der Waals surface area contributed by atoms with E-state index in [0.717, 1.165) is 11.1 Å². The van der Waals surface area contributed by atoms with Crippen molar-refractivity contribution in [1.29, 1.82) is 0 Å². The molecule has 2 N–H and O–H groups in total. The van der Waals surface area contributed by atoms with Gasteiger partial charge in [-0.25, -0.2) is 9.40 Å². The van der Waals surface area contributed by atoms with Crippen LogP contribution >= 0.6 is 0 Å². The summed E-state index contributed by atoms with van der Waals surface area (Å²) in [4.78, 5) is 47.9. The number of rotatable bonds is 7. The number of carbonyl (C=O) groups is 3. The molecular weight excluding hydrogens is 459 g/mol.